The highest BCUT2D eigenvalue weighted by Crippen LogP contribution is 2.36. The van der Waals surface area contributed by atoms with Gasteiger partial charge in [-0.15, -0.1) is 11.8 Å². The van der Waals surface area contributed by atoms with E-state index in [0.717, 1.165) is 24.6 Å². The number of benzene rings is 1. The summed E-state index contributed by atoms with van der Waals surface area (Å²) < 4.78 is 11.3. The summed E-state index contributed by atoms with van der Waals surface area (Å²) in [6.45, 7) is 9.85. The second kappa shape index (κ2) is 6.06. The van der Waals surface area contributed by atoms with Crippen LogP contribution < -0.4 is 14.8 Å². The Morgan fingerprint density at radius 1 is 1.16 bits per heavy atom. The first kappa shape index (κ1) is 14.5. The fourth-order valence-electron chi connectivity index (χ4n) is 2.01. The first-order valence-electron chi connectivity index (χ1n) is 6.67. The van der Waals surface area contributed by atoms with E-state index in [1.807, 2.05) is 0 Å². The van der Waals surface area contributed by atoms with Crippen molar-refractivity contribution in [3.8, 4) is 11.5 Å². The topological polar surface area (TPSA) is 30.5 Å². The van der Waals surface area contributed by atoms with E-state index in [0.29, 0.717) is 18.6 Å². The number of thioether (sulfide) groups is 1. The van der Waals surface area contributed by atoms with E-state index in [2.05, 4.69) is 44.5 Å². The average molecular weight is 281 g/mol. The molecule has 106 valence electrons. The Balaban J connectivity index is 2.10. The Hall–Kier alpha value is -0.870. The molecule has 0 atom stereocenters. The van der Waals surface area contributed by atoms with Crippen molar-refractivity contribution in [2.24, 2.45) is 5.41 Å². The van der Waals surface area contributed by atoms with E-state index in [1.165, 1.54) is 10.5 Å². The van der Waals surface area contributed by atoms with E-state index in [9.17, 15) is 0 Å². The minimum atomic E-state index is 0.299. The highest BCUT2D eigenvalue weighted by atomic mass is 32.2. The largest absolute Gasteiger partial charge is 0.486 e. The molecule has 1 N–H and O–H groups in total. The van der Waals surface area contributed by atoms with E-state index < -0.39 is 0 Å². The maximum Gasteiger partial charge on any atom is 0.162 e. The van der Waals surface area contributed by atoms with Crippen molar-refractivity contribution in [2.45, 2.75) is 32.2 Å². The number of fused-ring (bicyclic) bond motifs is 1. The van der Waals surface area contributed by atoms with Crippen LogP contribution in [0.2, 0.25) is 0 Å². The molecule has 0 aliphatic carbocycles. The van der Waals surface area contributed by atoms with Gasteiger partial charge in [0, 0.05) is 18.0 Å². The van der Waals surface area contributed by atoms with Crippen molar-refractivity contribution in [3.05, 3.63) is 17.7 Å². The molecular weight excluding hydrogens is 258 g/mol. The number of ether oxygens (including phenoxy) is 2. The molecule has 3 nitrogen and oxygen atoms in total. The van der Waals surface area contributed by atoms with Gasteiger partial charge in [0.25, 0.3) is 0 Å². The van der Waals surface area contributed by atoms with Crippen LogP contribution in [0.1, 0.15) is 26.3 Å². The molecule has 0 saturated carbocycles. The quantitative estimate of drug-likeness (QED) is 0.858. The molecule has 0 saturated heterocycles. The second-order valence-corrected chi connectivity index (χ2v) is 6.82. The lowest BCUT2D eigenvalue weighted by Crippen LogP contribution is -2.26. The van der Waals surface area contributed by atoms with E-state index in [-0.39, 0.29) is 0 Å². The van der Waals surface area contributed by atoms with Crippen molar-refractivity contribution in [1.29, 1.82) is 0 Å². The van der Waals surface area contributed by atoms with Gasteiger partial charge in [-0.2, -0.15) is 0 Å². The maximum absolute atomic E-state index is 5.65. The molecule has 1 aromatic rings. The minimum absolute atomic E-state index is 0.299. The van der Waals surface area contributed by atoms with Gasteiger partial charge in [-0.25, -0.2) is 0 Å². The third kappa shape index (κ3) is 4.05. The Labute approximate surface area is 120 Å². The summed E-state index contributed by atoms with van der Waals surface area (Å²) in [6, 6.07) is 4.20. The lowest BCUT2D eigenvalue weighted by molar-refractivity contribution is 0.171. The molecule has 0 spiro atoms. The lowest BCUT2D eigenvalue weighted by atomic mass is 9.97. The fourth-order valence-corrected chi connectivity index (χ4v) is 2.63. The monoisotopic (exact) mass is 281 g/mol. The van der Waals surface area contributed by atoms with Crippen molar-refractivity contribution < 1.29 is 9.47 Å². The number of rotatable bonds is 4. The van der Waals surface area contributed by atoms with Gasteiger partial charge in [-0.3, -0.25) is 0 Å². The van der Waals surface area contributed by atoms with Crippen LogP contribution in [0, 0.1) is 5.41 Å². The van der Waals surface area contributed by atoms with Gasteiger partial charge in [0.05, 0.1) is 0 Å². The van der Waals surface area contributed by atoms with Gasteiger partial charge in [0.2, 0.25) is 0 Å². The molecule has 0 fully saturated rings. The summed E-state index contributed by atoms with van der Waals surface area (Å²) in [6.07, 6.45) is 2.10. The van der Waals surface area contributed by atoms with E-state index >= 15 is 0 Å². The predicted molar refractivity (Wildman–Crippen MR) is 80.4 cm³/mol. The number of nitrogens with one attached hydrogen (secondary N) is 1. The standard InChI is InChI=1S/C15H23NO2S/c1-15(2,3)10-16-9-11-7-12-13(8-14(11)19-4)18-6-5-17-12/h7-8,16H,5-6,9-10H2,1-4H3. The second-order valence-electron chi connectivity index (χ2n) is 5.97. The van der Waals surface area contributed by atoms with Crippen molar-refractivity contribution in [3.63, 3.8) is 0 Å². The Morgan fingerprint density at radius 2 is 1.79 bits per heavy atom. The lowest BCUT2D eigenvalue weighted by Gasteiger charge is -2.22. The summed E-state index contributed by atoms with van der Waals surface area (Å²) in [5.74, 6) is 1.74. The van der Waals surface area contributed by atoms with Crippen LogP contribution >= 0.6 is 11.8 Å². The molecule has 4 heteroatoms. The zero-order valence-corrected chi connectivity index (χ0v) is 13.0. The zero-order chi connectivity index (χ0) is 13.9. The summed E-state index contributed by atoms with van der Waals surface area (Å²) >= 11 is 1.75. The zero-order valence-electron chi connectivity index (χ0n) is 12.2. The molecule has 19 heavy (non-hydrogen) atoms. The smallest absolute Gasteiger partial charge is 0.162 e. The van der Waals surface area contributed by atoms with Gasteiger partial charge in [-0.1, -0.05) is 20.8 Å². The molecule has 1 aliphatic heterocycles. The van der Waals surface area contributed by atoms with Crippen LogP contribution in [0.4, 0.5) is 0 Å². The summed E-state index contributed by atoms with van der Waals surface area (Å²) in [5.41, 5.74) is 1.58. The first-order chi connectivity index (χ1) is 8.99. The Morgan fingerprint density at radius 3 is 2.37 bits per heavy atom. The summed E-state index contributed by atoms with van der Waals surface area (Å²) in [4.78, 5) is 1.26. The van der Waals surface area contributed by atoms with Crippen molar-refractivity contribution in [1.82, 2.24) is 5.32 Å². The van der Waals surface area contributed by atoms with Gasteiger partial charge >= 0.3 is 0 Å². The average Bonchev–Trinajstić information content (AvgIpc) is 2.36. The van der Waals surface area contributed by atoms with Crippen LogP contribution in [-0.2, 0) is 6.54 Å². The van der Waals surface area contributed by atoms with E-state index in [1.54, 1.807) is 11.8 Å². The van der Waals surface area contributed by atoms with Crippen LogP contribution in [-0.4, -0.2) is 26.0 Å². The van der Waals surface area contributed by atoms with Gasteiger partial charge in [0.1, 0.15) is 13.2 Å². The minimum Gasteiger partial charge on any atom is -0.486 e. The molecule has 0 radical (unpaired) electrons. The van der Waals surface area contributed by atoms with Gasteiger partial charge < -0.3 is 14.8 Å². The molecule has 2 rings (SSSR count). The normalized spacial score (nSPS) is 14.5. The molecule has 0 aromatic heterocycles. The third-order valence-electron chi connectivity index (χ3n) is 2.92. The highest BCUT2D eigenvalue weighted by Gasteiger charge is 2.16. The molecule has 0 unspecified atom stereocenters. The molecule has 1 aliphatic rings. The predicted octanol–water partition coefficient (Wildman–Crippen LogP) is 3.32. The van der Waals surface area contributed by atoms with Crippen LogP contribution in [0.25, 0.3) is 0 Å². The SMILES string of the molecule is CSc1cc2c(cc1CNCC(C)(C)C)OCCO2. The molecule has 0 amide bonds. The Kier molecular flexibility index (Phi) is 4.63. The molecular formula is C15H23NO2S. The Bertz CT molecular complexity index is 441. The summed E-state index contributed by atoms with van der Waals surface area (Å²) in [7, 11) is 0. The van der Waals surface area contributed by atoms with Gasteiger partial charge in [-0.05, 0) is 29.4 Å². The molecule has 1 aromatic carbocycles. The number of hydrogen-bond donors (Lipinski definition) is 1. The number of hydrogen-bond acceptors (Lipinski definition) is 4. The van der Waals surface area contributed by atoms with Crippen molar-refractivity contribution in [2.75, 3.05) is 26.0 Å². The molecule has 1 heterocycles. The highest BCUT2D eigenvalue weighted by molar-refractivity contribution is 7.98. The fraction of sp³-hybridized carbons (Fsp3) is 0.600. The van der Waals surface area contributed by atoms with Crippen LogP contribution in [0.15, 0.2) is 17.0 Å². The maximum atomic E-state index is 5.65. The molecule has 0 bridgehead atoms. The summed E-state index contributed by atoms with van der Waals surface area (Å²) in [5, 5.41) is 3.51. The van der Waals surface area contributed by atoms with Crippen LogP contribution in [0.5, 0.6) is 11.5 Å². The first-order valence-corrected chi connectivity index (χ1v) is 7.89. The van der Waals surface area contributed by atoms with Crippen molar-refractivity contribution >= 4 is 11.8 Å². The van der Waals surface area contributed by atoms with Gasteiger partial charge in [0.15, 0.2) is 11.5 Å². The van der Waals surface area contributed by atoms with Crippen LogP contribution in [0.3, 0.4) is 0 Å². The van der Waals surface area contributed by atoms with E-state index in [4.69, 9.17) is 9.47 Å². The third-order valence-corrected chi connectivity index (χ3v) is 3.74.